The number of hydrogen-bond donors (Lipinski definition) is 2. The predicted molar refractivity (Wildman–Crippen MR) is 95.7 cm³/mol. The van der Waals surface area contributed by atoms with Gasteiger partial charge in [-0.2, -0.15) is 4.39 Å². The van der Waals surface area contributed by atoms with Crippen molar-refractivity contribution >= 4 is 45.0 Å². The molecule has 0 spiro atoms. The maximum Gasteiger partial charge on any atom is 0.285 e. The number of nitrogens with one attached hydrogen (secondary N) is 1. The summed E-state index contributed by atoms with van der Waals surface area (Å²) in [6.45, 7) is 1.87. The van der Waals surface area contributed by atoms with Gasteiger partial charge in [-0.15, -0.1) is 0 Å². The third kappa shape index (κ3) is 3.72. The van der Waals surface area contributed by atoms with Crippen LogP contribution in [0.15, 0.2) is 23.9 Å². The minimum atomic E-state index is -0.673. The molecule has 2 heterocycles. The van der Waals surface area contributed by atoms with Gasteiger partial charge in [-0.05, 0) is 30.7 Å². The molecule has 2 aromatic rings. The highest BCUT2D eigenvalue weighted by Crippen LogP contribution is 2.37. The number of aliphatic hydroxyl groups excluding tert-OH is 1. The van der Waals surface area contributed by atoms with Crippen molar-refractivity contribution in [2.24, 2.45) is 0 Å². The van der Waals surface area contributed by atoms with Crippen LogP contribution in [0.1, 0.15) is 34.3 Å². The summed E-state index contributed by atoms with van der Waals surface area (Å²) in [5.74, 6) is -0.562. The summed E-state index contributed by atoms with van der Waals surface area (Å²) in [4.78, 5) is 32.4. The fourth-order valence-electron chi connectivity index (χ4n) is 2.42. The molecule has 0 atom stereocenters. The molecule has 25 heavy (non-hydrogen) atoms. The molecule has 0 aliphatic heterocycles. The lowest BCUT2D eigenvalue weighted by molar-refractivity contribution is 0.102. The molecule has 0 bridgehead atoms. The third-order valence-electron chi connectivity index (χ3n) is 3.56. The van der Waals surface area contributed by atoms with Crippen LogP contribution in [0.3, 0.4) is 0 Å². The van der Waals surface area contributed by atoms with E-state index in [9.17, 15) is 19.1 Å². The van der Waals surface area contributed by atoms with Gasteiger partial charge in [-0.1, -0.05) is 30.0 Å². The van der Waals surface area contributed by atoms with Gasteiger partial charge in [0.2, 0.25) is 5.95 Å². The van der Waals surface area contributed by atoms with Gasteiger partial charge < -0.3 is 5.11 Å². The average Bonchev–Trinajstić information content (AvgIpc) is 2.99. The van der Waals surface area contributed by atoms with Crippen molar-refractivity contribution in [1.29, 1.82) is 0 Å². The second-order valence-electron chi connectivity index (χ2n) is 5.17. The van der Waals surface area contributed by atoms with E-state index in [4.69, 9.17) is 0 Å². The number of anilines is 1. The number of aryl methyl sites for hydroxylation is 1. The van der Waals surface area contributed by atoms with Crippen molar-refractivity contribution in [3.05, 3.63) is 46.0 Å². The Morgan fingerprint density at radius 1 is 1.40 bits per heavy atom. The minimum Gasteiger partial charge on any atom is -0.506 e. The maximum absolute atomic E-state index is 12.9. The number of nitrogens with zero attached hydrogens (tertiary/aromatic N) is 2. The summed E-state index contributed by atoms with van der Waals surface area (Å²) in [7, 11) is 0. The number of aromatic nitrogens is 2. The summed E-state index contributed by atoms with van der Waals surface area (Å²) in [5, 5.41) is 13.3. The van der Waals surface area contributed by atoms with E-state index in [-0.39, 0.29) is 22.1 Å². The van der Waals surface area contributed by atoms with Gasteiger partial charge in [0, 0.05) is 17.3 Å². The highest BCUT2D eigenvalue weighted by molar-refractivity contribution is 8.13. The smallest absolute Gasteiger partial charge is 0.285 e. The lowest BCUT2D eigenvalue weighted by Crippen LogP contribution is -2.12. The monoisotopic (exact) mass is 379 g/mol. The van der Waals surface area contributed by atoms with Crippen LogP contribution in [0.4, 0.5) is 14.3 Å². The third-order valence-corrected chi connectivity index (χ3v) is 5.23. The van der Waals surface area contributed by atoms with Gasteiger partial charge in [0.15, 0.2) is 10.9 Å². The van der Waals surface area contributed by atoms with Crippen molar-refractivity contribution in [2.75, 3.05) is 11.1 Å². The van der Waals surface area contributed by atoms with E-state index in [1.165, 1.54) is 6.07 Å². The van der Waals surface area contributed by atoms with E-state index in [2.05, 4.69) is 15.3 Å². The summed E-state index contributed by atoms with van der Waals surface area (Å²) in [6.07, 6.45) is 1.94. The van der Waals surface area contributed by atoms with E-state index in [0.29, 0.717) is 34.3 Å². The zero-order valence-electron chi connectivity index (χ0n) is 13.2. The first-order chi connectivity index (χ1) is 12.0. The molecule has 0 fully saturated rings. The number of fused-ring (bicyclic) bond motifs is 1. The largest absolute Gasteiger partial charge is 0.506 e. The van der Waals surface area contributed by atoms with Crippen molar-refractivity contribution in [3.63, 3.8) is 0 Å². The van der Waals surface area contributed by atoms with Crippen LogP contribution in [0.5, 0.6) is 0 Å². The van der Waals surface area contributed by atoms with Crippen molar-refractivity contribution in [2.45, 2.75) is 19.8 Å². The van der Waals surface area contributed by atoms with Crippen LogP contribution in [-0.4, -0.2) is 31.8 Å². The predicted octanol–water partition coefficient (Wildman–Crippen LogP) is 4.06. The number of thiazole rings is 1. The second-order valence-corrected chi connectivity index (χ2v) is 7.40. The summed E-state index contributed by atoms with van der Waals surface area (Å²) < 4.78 is 12.9. The fourth-order valence-corrected chi connectivity index (χ4v) is 3.89. The number of allylic oxidation sites excluding steroid dienone is 1. The fraction of sp³-hybridized carbons (Fsp3) is 0.250. The van der Waals surface area contributed by atoms with Crippen LogP contribution in [0, 0.1) is 5.95 Å². The van der Waals surface area contributed by atoms with Gasteiger partial charge >= 0.3 is 0 Å². The Labute approximate surface area is 151 Å². The molecule has 2 aromatic heterocycles. The first kappa shape index (κ1) is 17.6. The van der Waals surface area contributed by atoms with Crippen LogP contribution in [-0.2, 0) is 6.42 Å². The molecule has 9 heteroatoms. The Morgan fingerprint density at radius 2 is 2.20 bits per heavy atom. The van der Waals surface area contributed by atoms with Crippen LogP contribution in [0.2, 0.25) is 0 Å². The number of Topliss-reactive ketones (excluding diaryl/α,β-unsaturated/α-hetero) is 1. The zero-order valence-corrected chi connectivity index (χ0v) is 14.8. The van der Waals surface area contributed by atoms with Gasteiger partial charge in [-0.3, -0.25) is 14.9 Å². The Kier molecular flexibility index (Phi) is 5.14. The number of carbonyl (C=O) groups is 2. The minimum absolute atomic E-state index is 0.142. The normalized spacial score (nSPS) is 13.5. The number of halogens is 1. The van der Waals surface area contributed by atoms with Gasteiger partial charge in [-0.25, -0.2) is 9.97 Å². The average molecular weight is 379 g/mol. The molecule has 0 saturated carbocycles. The summed E-state index contributed by atoms with van der Waals surface area (Å²) in [5.41, 5.74) is 1.10. The van der Waals surface area contributed by atoms with Gasteiger partial charge in [0.05, 0.1) is 10.6 Å². The Morgan fingerprint density at radius 3 is 2.88 bits per heavy atom. The summed E-state index contributed by atoms with van der Waals surface area (Å²) >= 11 is 2.25. The number of rotatable bonds is 4. The van der Waals surface area contributed by atoms with Crippen molar-refractivity contribution in [3.8, 4) is 0 Å². The molecule has 3 rings (SSSR count). The number of thioether (sulfide) groups is 1. The molecular weight excluding hydrogens is 365 g/mol. The highest BCUT2D eigenvalue weighted by Gasteiger charge is 2.28. The van der Waals surface area contributed by atoms with E-state index >= 15 is 0 Å². The number of aliphatic hydroxyl groups is 1. The summed E-state index contributed by atoms with van der Waals surface area (Å²) in [6, 6.07) is 2.44. The second kappa shape index (κ2) is 7.32. The van der Waals surface area contributed by atoms with Crippen molar-refractivity contribution in [1.82, 2.24) is 9.97 Å². The lowest BCUT2D eigenvalue weighted by Gasteiger charge is -2.14. The Bertz CT molecular complexity index is 862. The van der Waals surface area contributed by atoms with Crippen LogP contribution in [0.25, 0.3) is 5.76 Å². The van der Waals surface area contributed by atoms with Crippen molar-refractivity contribution < 1.29 is 19.1 Å². The molecule has 0 radical (unpaired) electrons. The lowest BCUT2D eigenvalue weighted by atomic mass is 9.93. The topological polar surface area (TPSA) is 92.2 Å². The molecular formula is C16H14FN3O3S2. The molecule has 1 aliphatic rings. The standard InChI is InChI=1S/C16H14FN3O3S2/c1-2-24-16(23)20-15-19-10-5-4-9(13(22)14(10)25-15)12(21)8-3-6-11(17)18-7-8/h3,6-7,22H,2,4-5H2,1H3,(H,19,20,23). The maximum atomic E-state index is 12.9. The molecule has 1 aliphatic carbocycles. The molecule has 0 aromatic carbocycles. The molecule has 0 saturated heterocycles. The number of ketones is 1. The molecule has 0 unspecified atom stereocenters. The van der Waals surface area contributed by atoms with Gasteiger partial charge in [0.25, 0.3) is 5.24 Å². The number of carbonyl (C=O) groups excluding carboxylic acids is 2. The molecule has 6 nitrogen and oxygen atoms in total. The number of pyridine rings is 1. The first-order valence-electron chi connectivity index (χ1n) is 7.51. The molecule has 130 valence electrons. The van der Waals surface area contributed by atoms with E-state index in [0.717, 1.165) is 35.4 Å². The molecule has 1 amide bonds. The quantitative estimate of drug-likeness (QED) is 0.615. The van der Waals surface area contributed by atoms with E-state index in [1.807, 2.05) is 6.92 Å². The highest BCUT2D eigenvalue weighted by atomic mass is 32.2. The van der Waals surface area contributed by atoms with Crippen LogP contribution < -0.4 is 5.32 Å². The van der Waals surface area contributed by atoms with Crippen LogP contribution >= 0.6 is 23.1 Å². The Balaban J connectivity index is 1.87. The number of amides is 1. The first-order valence-corrected chi connectivity index (χ1v) is 9.32. The Hall–Kier alpha value is -2.26. The van der Waals surface area contributed by atoms with E-state index in [1.54, 1.807) is 0 Å². The SMILES string of the molecule is CCSC(=O)Nc1nc2c(s1)C(O)=C(C(=O)c1ccc(F)nc1)CC2. The molecule has 2 N–H and O–H groups in total. The number of hydrogen-bond acceptors (Lipinski definition) is 7. The van der Waals surface area contributed by atoms with Gasteiger partial charge in [0.1, 0.15) is 5.76 Å². The zero-order chi connectivity index (χ0) is 18.0. The van der Waals surface area contributed by atoms with E-state index < -0.39 is 11.7 Å².